The molecular formula is C27H37IN4O2. The summed E-state index contributed by atoms with van der Waals surface area (Å²) in [5.74, 6) is 1.38. The van der Waals surface area contributed by atoms with Gasteiger partial charge in [-0.1, -0.05) is 48.0 Å². The number of aryl methyl sites for hydroxylation is 1. The summed E-state index contributed by atoms with van der Waals surface area (Å²) < 4.78 is 6.14. The molecule has 1 amide bonds. The number of hydrogen-bond donors (Lipinski definition) is 2. The zero-order valence-corrected chi connectivity index (χ0v) is 22.6. The zero-order chi connectivity index (χ0) is 23.0. The first-order valence-corrected chi connectivity index (χ1v) is 12.2. The second kappa shape index (κ2) is 13.1. The van der Waals surface area contributed by atoms with Gasteiger partial charge < -0.3 is 20.3 Å². The molecule has 34 heavy (non-hydrogen) atoms. The number of nitrogens with zero attached hydrogens (tertiary/aromatic N) is 2. The molecule has 0 saturated carbocycles. The van der Waals surface area contributed by atoms with Gasteiger partial charge in [0.05, 0.1) is 6.10 Å². The van der Waals surface area contributed by atoms with Gasteiger partial charge in [-0.05, 0) is 49.8 Å². The Hall–Kier alpha value is -2.13. The van der Waals surface area contributed by atoms with E-state index in [0.29, 0.717) is 18.9 Å². The molecule has 2 aliphatic rings. The van der Waals surface area contributed by atoms with Crippen LogP contribution in [0, 0.1) is 12.8 Å². The Morgan fingerprint density at radius 2 is 1.94 bits per heavy atom. The van der Waals surface area contributed by atoms with Gasteiger partial charge >= 0.3 is 0 Å². The summed E-state index contributed by atoms with van der Waals surface area (Å²) in [5.41, 5.74) is 4.85. The largest absolute Gasteiger partial charge is 0.373 e. The molecule has 0 aromatic heterocycles. The van der Waals surface area contributed by atoms with Gasteiger partial charge in [-0.2, -0.15) is 0 Å². The number of rotatable bonds is 7. The van der Waals surface area contributed by atoms with Crippen LogP contribution in [0.2, 0.25) is 0 Å². The number of halogens is 1. The quantitative estimate of drug-likeness (QED) is 0.219. The van der Waals surface area contributed by atoms with E-state index >= 15 is 0 Å². The maximum Gasteiger partial charge on any atom is 0.227 e. The third-order valence-corrected chi connectivity index (χ3v) is 6.65. The van der Waals surface area contributed by atoms with E-state index in [1.807, 2.05) is 23.1 Å². The van der Waals surface area contributed by atoms with Crippen molar-refractivity contribution in [3.8, 4) is 0 Å². The van der Waals surface area contributed by atoms with Crippen LogP contribution in [0.3, 0.4) is 0 Å². The van der Waals surface area contributed by atoms with E-state index in [2.05, 4.69) is 52.9 Å². The number of carbonyl (C=O) groups excluding carboxylic acids is 1. The Morgan fingerprint density at radius 1 is 1.15 bits per heavy atom. The minimum Gasteiger partial charge on any atom is -0.373 e. The van der Waals surface area contributed by atoms with Gasteiger partial charge in [0, 0.05) is 51.3 Å². The fourth-order valence-corrected chi connectivity index (χ4v) is 4.80. The normalized spacial score (nSPS) is 19.8. The van der Waals surface area contributed by atoms with Crippen molar-refractivity contribution in [1.29, 1.82) is 0 Å². The van der Waals surface area contributed by atoms with E-state index in [4.69, 9.17) is 4.74 Å². The Balaban J connectivity index is 0.00000324. The lowest BCUT2D eigenvalue weighted by Gasteiger charge is -2.32. The van der Waals surface area contributed by atoms with Crippen LogP contribution >= 0.6 is 24.0 Å². The maximum atomic E-state index is 12.7. The van der Waals surface area contributed by atoms with Crippen molar-refractivity contribution >= 4 is 41.5 Å². The number of carbonyl (C=O) groups is 1. The van der Waals surface area contributed by atoms with Crippen molar-refractivity contribution in [2.45, 2.75) is 45.1 Å². The smallest absolute Gasteiger partial charge is 0.227 e. The number of ether oxygens (including phenoxy) is 1. The van der Waals surface area contributed by atoms with Crippen molar-refractivity contribution < 1.29 is 9.53 Å². The monoisotopic (exact) mass is 576 g/mol. The summed E-state index contributed by atoms with van der Waals surface area (Å²) in [6, 6.07) is 16.9. The first-order chi connectivity index (χ1) is 16.2. The van der Waals surface area contributed by atoms with Gasteiger partial charge in [0.1, 0.15) is 0 Å². The van der Waals surface area contributed by atoms with Crippen LogP contribution in [0.4, 0.5) is 5.69 Å². The molecular weight excluding hydrogens is 539 g/mol. The minimum atomic E-state index is 0. The van der Waals surface area contributed by atoms with Crippen LogP contribution in [0.1, 0.15) is 48.5 Å². The molecule has 0 radical (unpaired) electrons. The topological polar surface area (TPSA) is 66.0 Å². The third-order valence-electron chi connectivity index (χ3n) is 6.65. The van der Waals surface area contributed by atoms with Crippen LogP contribution in [-0.2, 0) is 16.0 Å². The minimum absolute atomic E-state index is 0. The number of nitrogens with one attached hydrogen (secondary N) is 2. The second-order valence-corrected chi connectivity index (χ2v) is 9.01. The van der Waals surface area contributed by atoms with Crippen molar-refractivity contribution in [2.75, 3.05) is 38.2 Å². The molecule has 2 aromatic carbocycles. The summed E-state index contributed by atoms with van der Waals surface area (Å²) in [6.45, 7) is 5.24. The predicted molar refractivity (Wildman–Crippen MR) is 149 cm³/mol. The standard InChI is InChI=1S/C27H36N4O2.HI/c1-20-11-13-22(14-12-20)26-23(8-6-18-33-26)19-30-27(28-2)29-16-5-10-25(32)31-17-15-21-7-3-4-9-24(21)31;/h3-4,7,9,11-14,23,26H,5-6,8,10,15-19H2,1-2H3,(H2,28,29,30);1H. The van der Waals surface area contributed by atoms with Crippen molar-refractivity contribution in [1.82, 2.24) is 10.6 Å². The molecule has 6 nitrogen and oxygen atoms in total. The van der Waals surface area contributed by atoms with Crippen LogP contribution < -0.4 is 15.5 Å². The number of fused-ring (bicyclic) bond motifs is 1. The molecule has 0 bridgehead atoms. The molecule has 184 valence electrons. The molecule has 2 atom stereocenters. The number of guanidine groups is 1. The first kappa shape index (κ1) is 26.5. The maximum absolute atomic E-state index is 12.7. The highest BCUT2D eigenvalue weighted by molar-refractivity contribution is 14.0. The SMILES string of the molecule is CN=C(NCCCC(=O)N1CCc2ccccc21)NCC1CCCOC1c1ccc(C)cc1.I. The Kier molecular flexibility index (Phi) is 10.2. The van der Waals surface area contributed by atoms with Crippen molar-refractivity contribution in [2.24, 2.45) is 10.9 Å². The third kappa shape index (κ3) is 6.72. The highest BCUT2D eigenvalue weighted by Gasteiger charge is 2.27. The summed E-state index contributed by atoms with van der Waals surface area (Å²) in [6.07, 6.45) is 4.59. The predicted octanol–water partition coefficient (Wildman–Crippen LogP) is 4.62. The highest BCUT2D eigenvalue weighted by atomic mass is 127. The zero-order valence-electron chi connectivity index (χ0n) is 20.3. The van der Waals surface area contributed by atoms with Crippen LogP contribution in [-0.4, -0.2) is 45.2 Å². The number of para-hydroxylation sites is 1. The molecule has 7 heteroatoms. The molecule has 2 heterocycles. The van der Waals surface area contributed by atoms with Gasteiger partial charge in [0.15, 0.2) is 5.96 Å². The van der Waals surface area contributed by atoms with Crippen LogP contribution in [0.15, 0.2) is 53.5 Å². The molecule has 2 aromatic rings. The summed E-state index contributed by atoms with van der Waals surface area (Å²) in [7, 11) is 1.79. The number of benzene rings is 2. The Labute approximate surface area is 220 Å². The molecule has 0 aliphatic carbocycles. The number of amides is 1. The van der Waals surface area contributed by atoms with Gasteiger partial charge in [-0.25, -0.2) is 0 Å². The van der Waals surface area contributed by atoms with Crippen molar-refractivity contribution in [3.05, 3.63) is 65.2 Å². The average molecular weight is 577 g/mol. The number of hydrogen-bond acceptors (Lipinski definition) is 3. The van der Waals surface area contributed by atoms with Gasteiger partial charge in [0.2, 0.25) is 5.91 Å². The van der Waals surface area contributed by atoms with Crippen LogP contribution in [0.5, 0.6) is 0 Å². The summed E-state index contributed by atoms with van der Waals surface area (Å²) in [4.78, 5) is 19.0. The van der Waals surface area contributed by atoms with Gasteiger partial charge in [0.25, 0.3) is 0 Å². The number of anilines is 1. The van der Waals surface area contributed by atoms with E-state index in [1.54, 1.807) is 7.05 Å². The molecule has 2 N–H and O–H groups in total. The van der Waals surface area contributed by atoms with Crippen molar-refractivity contribution in [3.63, 3.8) is 0 Å². The molecule has 2 aliphatic heterocycles. The van der Waals surface area contributed by atoms with Gasteiger partial charge in [-0.15, -0.1) is 24.0 Å². The lowest BCUT2D eigenvalue weighted by Crippen LogP contribution is -2.42. The molecule has 1 saturated heterocycles. The Morgan fingerprint density at radius 3 is 2.74 bits per heavy atom. The molecule has 2 unspecified atom stereocenters. The summed E-state index contributed by atoms with van der Waals surface area (Å²) >= 11 is 0. The fourth-order valence-electron chi connectivity index (χ4n) is 4.80. The first-order valence-electron chi connectivity index (χ1n) is 12.2. The highest BCUT2D eigenvalue weighted by Crippen LogP contribution is 2.33. The van der Waals surface area contributed by atoms with E-state index in [-0.39, 0.29) is 36.0 Å². The van der Waals surface area contributed by atoms with E-state index < -0.39 is 0 Å². The molecule has 1 fully saturated rings. The lowest BCUT2D eigenvalue weighted by molar-refractivity contribution is -0.118. The molecule has 0 spiro atoms. The lowest BCUT2D eigenvalue weighted by atomic mass is 9.89. The van der Waals surface area contributed by atoms with E-state index in [9.17, 15) is 4.79 Å². The average Bonchev–Trinajstić information content (AvgIpc) is 3.28. The van der Waals surface area contributed by atoms with E-state index in [0.717, 1.165) is 57.0 Å². The fraction of sp³-hybridized carbons (Fsp3) is 0.481. The van der Waals surface area contributed by atoms with E-state index in [1.165, 1.54) is 16.7 Å². The van der Waals surface area contributed by atoms with Gasteiger partial charge in [-0.3, -0.25) is 9.79 Å². The second-order valence-electron chi connectivity index (χ2n) is 9.01. The van der Waals surface area contributed by atoms with Crippen LogP contribution in [0.25, 0.3) is 0 Å². The Bertz CT molecular complexity index is 963. The number of aliphatic imine (C=N–C) groups is 1. The molecule has 4 rings (SSSR count). The summed E-state index contributed by atoms with van der Waals surface area (Å²) in [5, 5.41) is 6.83.